The predicted molar refractivity (Wildman–Crippen MR) is 124 cm³/mol. The molecule has 0 aliphatic carbocycles. The fraction of sp³-hybridized carbons (Fsp3) is 0.727. The Labute approximate surface area is 183 Å². The molecule has 0 heterocycles. The smallest absolute Gasteiger partial charge is 0.284 e. The summed E-state index contributed by atoms with van der Waals surface area (Å²) in [6.07, 6.45) is 17.0. The number of anilines is 1. The lowest BCUT2D eigenvalue weighted by molar-refractivity contribution is 0.483. The summed E-state index contributed by atoms with van der Waals surface area (Å²) in [5, 5.41) is 0. The lowest BCUT2D eigenvalue weighted by Gasteiger charge is -2.08. The van der Waals surface area contributed by atoms with Crippen molar-refractivity contribution in [3.63, 3.8) is 0 Å². The first-order valence-electron chi connectivity index (χ1n) is 11.3. The van der Waals surface area contributed by atoms with Gasteiger partial charge in [-0.25, -0.2) is 8.42 Å². The van der Waals surface area contributed by atoms with Crippen LogP contribution in [0.3, 0.4) is 0 Å². The first-order valence-corrected chi connectivity index (χ1v) is 14.4. The summed E-state index contributed by atoms with van der Waals surface area (Å²) in [5.41, 5.74) is 0.285. The largest absolute Gasteiger partial charge is 0.294 e. The molecular weight excluding hydrogens is 422 g/mol. The minimum absolute atomic E-state index is 0.0467. The Morgan fingerprint density at radius 2 is 1.07 bits per heavy atom. The molecular formula is C22H39NO5S2. The molecule has 0 saturated heterocycles. The molecule has 0 radical (unpaired) electrons. The highest BCUT2D eigenvalue weighted by Crippen LogP contribution is 2.16. The molecule has 0 saturated carbocycles. The van der Waals surface area contributed by atoms with E-state index in [1.807, 2.05) is 0 Å². The van der Waals surface area contributed by atoms with Crippen LogP contribution in [0.4, 0.5) is 5.69 Å². The van der Waals surface area contributed by atoms with E-state index in [1.165, 1.54) is 88.5 Å². The molecule has 0 amide bonds. The normalized spacial score (nSPS) is 12.2. The second kappa shape index (κ2) is 14.8. The van der Waals surface area contributed by atoms with Crippen LogP contribution >= 0.6 is 0 Å². The molecule has 174 valence electrons. The van der Waals surface area contributed by atoms with Gasteiger partial charge < -0.3 is 0 Å². The molecule has 0 fully saturated rings. The molecule has 1 aromatic carbocycles. The summed E-state index contributed by atoms with van der Waals surface area (Å²) in [6, 6.07) is 4.98. The quantitative estimate of drug-likeness (QED) is 0.201. The highest BCUT2D eigenvalue weighted by molar-refractivity contribution is 7.92. The molecule has 6 nitrogen and oxygen atoms in total. The number of benzene rings is 1. The van der Waals surface area contributed by atoms with Gasteiger partial charge in [-0.05, 0) is 30.7 Å². The summed E-state index contributed by atoms with van der Waals surface area (Å²) < 4.78 is 57.6. The van der Waals surface area contributed by atoms with Gasteiger partial charge in [0.1, 0.15) is 0 Å². The predicted octanol–water partition coefficient (Wildman–Crippen LogP) is 6.16. The molecule has 0 aliphatic rings. The average Bonchev–Trinajstić information content (AvgIpc) is 2.67. The number of hydrogen-bond acceptors (Lipinski definition) is 4. The van der Waals surface area contributed by atoms with E-state index in [-0.39, 0.29) is 16.3 Å². The van der Waals surface area contributed by atoms with Crippen LogP contribution in [0.25, 0.3) is 0 Å². The van der Waals surface area contributed by atoms with Gasteiger partial charge in [-0.2, -0.15) is 8.42 Å². The molecule has 0 aliphatic heterocycles. The standard InChI is InChI=1S/C22H39NO5S2/c1-2-3-4-5-6-7-8-9-10-11-12-13-14-15-20-29(24,25)23-21-16-18-22(19-17-21)30(26,27)28/h16-19,23H,2-15,20H2,1H3,(H,26,27,28). The van der Waals surface area contributed by atoms with Crippen LogP contribution in [0.1, 0.15) is 96.8 Å². The van der Waals surface area contributed by atoms with E-state index in [9.17, 15) is 16.8 Å². The molecule has 0 bridgehead atoms. The lowest BCUT2D eigenvalue weighted by atomic mass is 10.0. The van der Waals surface area contributed by atoms with E-state index in [4.69, 9.17) is 4.55 Å². The van der Waals surface area contributed by atoms with Crippen molar-refractivity contribution in [1.29, 1.82) is 0 Å². The molecule has 1 aromatic rings. The summed E-state index contributed by atoms with van der Waals surface area (Å²) >= 11 is 0. The maximum absolute atomic E-state index is 12.1. The summed E-state index contributed by atoms with van der Waals surface area (Å²) in [7, 11) is -7.74. The molecule has 0 aromatic heterocycles. The van der Waals surface area contributed by atoms with E-state index in [0.717, 1.165) is 19.3 Å². The van der Waals surface area contributed by atoms with Crippen LogP contribution in [-0.2, 0) is 20.1 Å². The number of sulfonamides is 1. The second-order valence-corrected chi connectivity index (χ2v) is 11.3. The van der Waals surface area contributed by atoms with E-state index in [0.29, 0.717) is 6.42 Å². The third-order valence-corrected chi connectivity index (χ3v) is 7.43. The monoisotopic (exact) mass is 461 g/mol. The summed E-state index contributed by atoms with van der Waals surface area (Å²) in [5.74, 6) is 0.0467. The maximum Gasteiger partial charge on any atom is 0.294 e. The van der Waals surface area contributed by atoms with Crippen LogP contribution in [0.5, 0.6) is 0 Å². The third-order valence-electron chi connectivity index (χ3n) is 5.19. The average molecular weight is 462 g/mol. The summed E-state index contributed by atoms with van der Waals surface area (Å²) in [4.78, 5) is -0.266. The molecule has 0 unspecified atom stereocenters. The Morgan fingerprint density at radius 1 is 0.667 bits per heavy atom. The zero-order valence-corrected chi connectivity index (χ0v) is 19.9. The van der Waals surface area contributed by atoms with Gasteiger partial charge in [0.05, 0.1) is 10.6 Å². The first kappa shape index (κ1) is 26.9. The minimum atomic E-state index is -4.28. The van der Waals surface area contributed by atoms with Gasteiger partial charge in [0, 0.05) is 5.69 Å². The van der Waals surface area contributed by atoms with Crippen LogP contribution in [0.15, 0.2) is 29.2 Å². The fourth-order valence-corrected chi connectivity index (χ4v) is 5.07. The minimum Gasteiger partial charge on any atom is -0.284 e. The van der Waals surface area contributed by atoms with Crippen LogP contribution in [0, 0.1) is 0 Å². The van der Waals surface area contributed by atoms with Crippen molar-refractivity contribution in [2.24, 2.45) is 0 Å². The molecule has 2 N–H and O–H groups in total. The van der Waals surface area contributed by atoms with Gasteiger partial charge >= 0.3 is 0 Å². The SMILES string of the molecule is CCCCCCCCCCCCCCCCS(=O)(=O)Nc1ccc(S(=O)(=O)O)cc1. The highest BCUT2D eigenvalue weighted by atomic mass is 32.2. The van der Waals surface area contributed by atoms with Gasteiger partial charge in [-0.15, -0.1) is 0 Å². The van der Waals surface area contributed by atoms with E-state index >= 15 is 0 Å². The Bertz CT molecular complexity index is 774. The molecule has 1 rings (SSSR count). The fourth-order valence-electron chi connectivity index (χ4n) is 3.41. The van der Waals surface area contributed by atoms with E-state index in [1.54, 1.807) is 0 Å². The van der Waals surface area contributed by atoms with Crippen molar-refractivity contribution in [3.8, 4) is 0 Å². The van der Waals surface area contributed by atoms with Crippen LogP contribution in [-0.4, -0.2) is 27.1 Å². The van der Waals surface area contributed by atoms with Gasteiger partial charge in [-0.1, -0.05) is 90.4 Å². The Hall–Kier alpha value is -1.12. The first-order chi connectivity index (χ1) is 14.2. The number of hydrogen-bond donors (Lipinski definition) is 2. The van der Waals surface area contributed by atoms with E-state index in [2.05, 4.69) is 11.6 Å². The van der Waals surface area contributed by atoms with Crippen molar-refractivity contribution < 1.29 is 21.4 Å². The Morgan fingerprint density at radius 3 is 1.47 bits per heavy atom. The molecule has 0 atom stereocenters. The topological polar surface area (TPSA) is 101 Å². The van der Waals surface area contributed by atoms with Crippen molar-refractivity contribution in [3.05, 3.63) is 24.3 Å². The van der Waals surface area contributed by atoms with Crippen molar-refractivity contribution in [2.45, 2.75) is 102 Å². The highest BCUT2D eigenvalue weighted by Gasteiger charge is 2.12. The number of rotatable bonds is 18. The van der Waals surface area contributed by atoms with Crippen molar-refractivity contribution in [2.75, 3.05) is 10.5 Å². The lowest BCUT2D eigenvalue weighted by Crippen LogP contribution is -2.16. The third kappa shape index (κ3) is 13.2. The zero-order chi connectivity index (χ0) is 22.3. The van der Waals surface area contributed by atoms with E-state index < -0.39 is 20.1 Å². The van der Waals surface area contributed by atoms with Crippen LogP contribution in [0.2, 0.25) is 0 Å². The van der Waals surface area contributed by atoms with Gasteiger partial charge in [0.2, 0.25) is 10.0 Å². The van der Waals surface area contributed by atoms with Crippen LogP contribution < -0.4 is 4.72 Å². The summed E-state index contributed by atoms with van der Waals surface area (Å²) in [6.45, 7) is 2.24. The van der Waals surface area contributed by atoms with Gasteiger partial charge in [0.25, 0.3) is 10.1 Å². The molecule has 30 heavy (non-hydrogen) atoms. The van der Waals surface area contributed by atoms with Crippen molar-refractivity contribution in [1.82, 2.24) is 0 Å². The van der Waals surface area contributed by atoms with Gasteiger partial charge in [0.15, 0.2) is 0 Å². The Kier molecular flexibility index (Phi) is 13.3. The maximum atomic E-state index is 12.1. The zero-order valence-electron chi connectivity index (χ0n) is 18.3. The molecule has 8 heteroatoms. The number of unbranched alkanes of at least 4 members (excludes halogenated alkanes) is 13. The number of nitrogens with one attached hydrogen (secondary N) is 1. The Balaban J connectivity index is 2.05. The van der Waals surface area contributed by atoms with Crippen molar-refractivity contribution >= 4 is 25.8 Å². The second-order valence-electron chi connectivity index (χ2n) is 8.02. The van der Waals surface area contributed by atoms with Gasteiger partial charge in [-0.3, -0.25) is 9.27 Å². The molecule has 0 spiro atoms.